The molecule has 0 spiro atoms. The number of piperidine rings is 1. The number of likely N-dealkylation sites (tertiary alicyclic amines) is 1. The number of nitrogens with zero attached hydrogens (tertiary/aromatic N) is 4. The summed E-state index contributed by atoms with van der Waals surface area (Å²) in [6.45, 7) is 1.14. The van der Waals surface area contributed by atoms with Crippen molar-refractivity contribution in [1.29, 1.82) is 0 Å². The standard InChI is InChI=1S/C26H23ClFN5O3/c1-35-22-13-21-18(25(31-15-30-21)32-20-6-2-5-19(27)24(20)28)12-23(22)36-17-7-10-33(11-8-17)26(34)16-4-3-9-29-14-16/h2-6,9,12-15,17H,7-8,10-11H2,1H3,(H,30,31,32). The van der Waals surface area contributed by atoms with Crippen molar-refractivity contribution in [2.45, 2.75) is 18.9 Å². The molecule has 36 heavy (non-hydrogen) atoms. The number of carbonyl (C=O) groups is 1. The summed E-state index contributed by atoms with van der Waals surface area (Å²) in [6.07, 6.45) is 5.83. The van der Waals surface area contributed by atoms with E-state index < -0.39 is 5.82 Å². The molecule has 1 N–H and O–H groups in total. The van der Waals surface area contributed by atoms with Gasteiger partial charge in [0.2, 0.25) is 0 Å². The van der Waals surface area contributed by atoms with Crippen LogP contribution < -0.4 is 14.8 Å². The minimum atomic E-state index is -0.566. The number of carbonyl (C=O) groups excluding carboxylic acids is 1. The third-order valence-electron chi connectivity index (χ3n) is 6.06. The first-order valence-electron chi connectivity index (χ1n) is 11.4. The molecule has 1 amide bonds. The van der Waals surface area contributed by atoms with E-state index in [0.29, 0.717) is 59.7 Å². The second-order valence-electron chi connectivity index (χ2n) is 8.32. The fourth-order valence-electron chi connectivity index (χ4n) is 4.17. The molecule has 1 fully saturated rings. The van der Waals surface area contributed by atoms with E-state index in [2.05, 4.69) is 20.3 Å². The van der Waals surface area contributed by atoms with Crippen molar-refractivity contribution in [3.05, 3.63) is 77.6 Å². The molecular formula is C26H23ClFN5O3. The molecule has 4 aromatic rings. The van der Waals surface area contributed by atoms with Crippen LogP contribution in [0.5, 0.6) is 11.5 Å². The predicted molar refractivity (Wildman–Crippen MR) is 135 cm³/mol. The van der Waals surface area contributed by atoms with Gasteiger partial charge in [0.1, 0.15) is 18.2 Å². The van der Waals surface area contributed by atoms with Crippen LogP contribution in [0.15, 0.2) is 61.2 Å². The molecule has 5 rings (SSSR count). The second kappa shape index (κ2) is 10.3. The van der Waals surface area contributed by atoms with Gasteiger partial charge >= 0.3 is 0 Å². The van der Waals surface area contributed by atoms with Crippen LogP contribution in [0.4, 0.5) is 15.9 Å². The second-order valence-corrected chi connectivity index (χ2v) is 8.73. The zero-order valence-electron chi connectivity index (χ0n) is 19.4. The van der Waals surface area contributed by atoms with Crippen LogP contribution in [0, 0.1) is 5.82 Å². The maximum atomic E-state index is 14.5. The van der Waals surface area contributed by atoms with Gasteiger partial charge in [-0.3, -0.25) is 9.78 Å². The molecule has 0 atom stereocenters. The number of nitrogens with one attached hydrogen (secondary N) is 1. The normalized spacial score (nSPS) is 14.0. The summed E-state index contributed by atoms with van der Waals surface area (Å²) in [5, 5.41) is 3.65. The highest BCUT2D eigenvalue weighted by Gasteiger charge is 2.26. The third-order valence-corrected chi connectivity index (χ3v) is 6.35. The number of ether oxygens (including phenoxy) is 2. The molecule has 1 saturated heterocycles. The number of pyridine rings is 1. The Morgan fingerprint density at radius 3 is 2.72 bits per heavy atom. The van der Waals surface area contributed by atoms with E-state index in [-0.39, 0.29) is 22.7 Å². The quantitative estimate of drug-likeness (QED) is 0.381. The summed E-state index contributed by atoms with van der Waals surface area (Å²) in [6, 6.07) is 11.8. The Kier molecular flexibility index (Phi) is 6.81. The summed E-state index contributed by atoms with van der Waals surface area (Å²) in [7, 11) is 1.56. The lowest BCUT2D eigenvalue weighted by Crippen LogP contribution is -2.41. The Morgan fingerprint density at radius 2 is 1.97 bits per heavy atom. The summed E-state index contributed by atoms with van der Waals surface area (Å²) in [4.78, 5) is 27.2. The summed E-state index contributed by atoms with van der Waals surface area (Å²) >= 11 is 5.92. The van der Waals surface area contributed by atoms with Crippen LogP contribution in [0.2, 0.25) is 5.02 Å². The molecule has 2 aromatic heterocycles. The van der Waals surface area contributed by atoms with Gasteiger partial charge < -0.3 is 19.7 Å². The minimum absolute atomic E-state index is 0.0115. The molecular weight excluding hydrogens is 485 g/mol. The Labute approximate surface area is 212 Å². The third kappa shape index (κ3) is 4.87. The van der Waals surface area contributed by atoms with E-state index in [0.717, 1.165) is 0 Å². The van der Waals surface area contributed by atoms with Crippen molar-refractivity contribution in [3.63, 3.8) is 0 Å². The molecule has 0 saturated carbocycles. The van der Waals surface area contributed by atoms with E-state index in [1.807, 2.05) is 4.90 Å². The van der Waals surface area contributed by atoms with Crippen LogP contribution in [0.25, 0.3) is 10.9 Å². The Hall–Kier alpha value is -3.98. The zero-order chi connectivity index (χ0) is 25.1. The Balaban J connectivity index is 1.35. The first kappa shape index (κ1) is 23.7. The largest absolute Gasteiger partial charge is 0.493 e. The fraction of sp³-hybridized carbons (Fsp3) is 0.231. The Bertz CT molecular complexity index is 1400. The van der Waals surface area contributed by atoms with Gasteiger partial charge in [0, 0.05) is 49.8 Å². The molecule has 0 aliphatic carbocycles. The van der Waals surface area contributed by atoms with Crippen molar-refractivity contribution in [2.24, 2.45) is 0 Å². The van der Waals surface area contributed by atoms with Crippen molar-refractivity contribution < 1.29 is 18.7 Å². The van der Waals surface area contributed by atoms with E-state index in [4.69, 9.17) is 21.1 Å². The number of benzene rings is 2. The van der Waals surface area contributed by atoms with Crippen molar-refractivity contribution >= 4 is 39.9 Å². The van der Waals surface area contributed by atoms with Gasteiger partial charge in [-0.1, -0.05) is 17.7 Å². The molecule has 1 aliphatic heterocycles. The van der Waals surface area contributed by atoms with Gasteiger partial charge in [-0.15, -0.1) is 0 Å². The number of hydrogen-bond acceptors (Lipinski definition) is 7. The number of methoxy groups -OCH3 is 1. The maximum Gasteiger partial charge on any atom is 0.255 e. The van der Waals surface area contributed by atoms with Gasteiger partial charge in [0.15, 0.2) is 17.3 Å². The van der Waals surface area contributed by atoms with E-state index in [1.165, 1.54) is 12.4 Å². The maximum absolute atomic E-state index is 14.5. The summed E-state index contributed by atoms with van der Waals surface area (Å²) < 4.78 is 26.3. The van der Waals surface area contributed by atoms with E-state index >= 15 is 0 Å². The Morgan fingerprint density at radius 1 is 1.14 bits per heavy atom. The van der Waals surface area contributed by atoms with E-state index in [1.54, 1.807) is 55.9 Å². The molecule has 1 aliphatic rings. The number of amides is 1. The molecule has 2 aromatic carbocycles. The lowest BCUT2D eigenvalue weighted by atomic mass is 10.1. The molecule has 3 heterocycles. The van der Waals surface area contributed by atoms with Crippen LogP contribution in [-0.4, -0.2) is 52.1 Å². The lowest BCUT2D eigenvalue weighted by molar-refractivity contribution is 0.0590. The number of hydrogen-bond donors (Lipinski definition) is 1. The molecule has 10 heteroatoms. The molecule has 0 unspecified atom stereocenters. The number of anilines is 2. The van der Waals surface area contributed by atoms with Gasteiger partial charge in [-0.25, -0.2) is 14.4 Å². The van der Waals surface area contributed by atoms with Crippen molar-refractivity contribution in [3.8, 4) is 11.5 Å². The SMILES string of the molecule is COc1cc2ncnc(Nc3cccc(Cl)c3F)c2cc1OC1CCN(C(=O)c2cccnc2)CC1. The van der Waals surface area contributed by atoms with Crippen LogP contribution >= 0.6 is 11.6 Å². The summed E-state index contributed by atoms with van der Waals surface area (Å²) in [5.41, 5.74) is 1.38. The predicted octanol–water partition coefficient (Wildman–Crippen LogP) is 5.25. The van der Waals surface area contributed by atoms with Gasteiger partial charge in [0.05, 0.1) is 28.9 Å². The highest BCUT2D eigenvalue weighted by atomic mass is 35.5. The van der Waals surface area contributed by atoms with Gasteiger partial charge in [-0.2, -0.15) is 0 Å². The molecule has 0 bridgehead atoms. The average molecular weight is 508 g/mol. The van der Waals surface area contributed by atoms with Gasteiger partial charge in [-0.05, 0) is 30.3 Å². The highest BCUT2D eigenvalue weighted by Crippen LogP contribution is 2.37. The zero-order valence-corrected chi connectivity index (χ0v) is 20.2. The van der Waals surface area contributed by atoms with Crippen molar-refractivity contribution in [2.75, 3.05) is 25.5 Å². The van der Waals surface area contributed by atoms with E-state index in [9.17, 15) is 9.18 Å². The minimum Gasteiger partial charge on any atom is -0.493 e. The summed E-state index contributed by atoms with van der Waals surface area (Å²) in [5.74, 6) is 0.849. The molecule has 8 nitrogen and oxygen atoms in total. The first-order chi connectivity index (χ1) is 17.5. The molecule has 0 radical (unpaired) electrons. The number of halogens is 2. The fourth-order valence-corrected chi connectivity index (χ4v) is 4.35. The number of rotatable bonds is 6. The average Bonchev–Trinajstić information content (AvgIpc) is 2.91. The number of fused-ring (bicyclic) bond motifs is 1. The van der Waals surface area contributed by atoms with Gasteiger partial charge in [0.25, 0.3) is 5.91 Å². The first-order valence-corrected chi connectivity index (χ1v) is 11.8. The molecule has 184 valence electrons. The topological polar surface area (TPSA) is 89.5 Å². The van der Waals surface area contributed by atoms with Crippen LogP contribution in [0.3, 0.4) is 0 Å². The lowest BCUT2D eigenvalue weighted by Gasteiger charge is -2.32. The van der Waals surface area contributed by atoms with Crippen LogP contribution in [0.1, 0.15) is 23.2 Å². The monoisotopic (exact) mass is 507 g/mol. The smallest absolute Gasteiger partial charge is 0.255 e. The van der Waals surface area contributed by atoms with Crippen molar-refractivity contribution in [1.82, 2.24) is 19.9 Å². The highest BCUT2D eigenvalue weighted by molar-refractivity contribution is 6.31. The number of aromatic nitrogens is 3. The van der Waals surface area contributed by atoms with Crippen LogP contribution in [-0.2, 0) is 0 Å².